The molecule has 0 radical (unpaired) electrons. The third-order valence-electron chi connectivity index (χ3n) is 12.2. The van der Waals surface area contributed by atoms with Gasteiger partial charge >= 0.3 is 0 Å². The highest BCUT2D eigenvalue weighted by Gasteiger charge is 2.49. The first kappa shape index (κ1) is 30.4. The van der Waals surface area contributed by atoms with Crippen molar-refractivity contribution in [3.63, 3.8) is 0 Å². The maximum atomic E-state index is 2.79. The fraction of sp³-hybridized carbons (Fsp3) is 0.362. The molecule has 238 valence electrons. The minimum Gasteiger partial charge on any atom is -0.0657 e. The fourth-order valence-electron chi connectivity index (χ4n) is 10.0. The van der Waals surface area contributed by atoms with Gasteiger partial charge in [-0.1, -0.05) is 138 Å². The van der Waals surface area contributed by atoms with Gasteiger partial charge in [0, 0.05) is 11.3 Å². The molecule has 1 spiro atoms. The van der Waals surface area contributed by atoms with Crippen LogP contribution >= 0.6 is 0 Å². The van der Waals surface area contributed by atoms with Crippen LogP contribution in [0.5, 0.6) is 0 Å². The van der Waals surface area contributed by atoms with Crippen molar-refractivity contribution in [1.29, 1.82) is 0 Å². The van der Waals surface area contributed by atoms with Gasteiger partial charge in [-0.2, -0.15) is 0 Å². The van der Waals surface area contributed by atoms with Crippen LogP contribution in [0.2, 0.25) is 0 Å². The summed E-state index contributed by atoms with van der Waals surface area (Å²) in [6.45, 7) is 14.3. The second kappa shape index (κ2) is 11.7. The van der Waals surface area contributed by atoms with Crippen LogP contribution in [0.25, 0.3) is 32.7 Å². The van der Waals surface area contributed by atoms with E-state index in [1.807, 2.05) is 0 Å². The van der Waals surface area contributed by atoms with Gasteiger partial charge in [-0.05, 0) is 134 Å². The third kappa shape index (κ3) is 4.47. The summed E-state index contributed by atoms with van der Waals surface area (Å²) in [4.78, 5) is 0. The first-order chi connectivity index (χ1) is 22.9. The van der Waals surface area contributed by atoms with Crippen molar-refractivity contribution in [1.82, 2.24) is 0 Å². The zero-order chi connectivity index (χ0) is 32.4. The lowest BCUT2D eigenvalue weighted by Crippen LogP contribution is -2.29. The van der Waals surface area contributed by atoms with Gasteiger partial charge in [0.2, 0.25) is 0 Å². The number of benzene rings is 5. The van der Waals surface area contributed by atoms with Crippen molar-refractivity contribution in [2.75, 3.05) is 0 Å². The van der Waals surface area contributed by atoms with E-state index in [0.717, 1.165) is 12.8 Å². The second-order valence-corrected chi connectivity index (χ2v) is 15.1. The Hall–Kier alpha value is -3.90. The molecule has 0 saturated heterocycles. The molecule has 0 fully saturated rings. The number of fused-ring (bicyclic) bond motifs is 4. The maximum Gasteiger partial charge on any atom is 0.0443 e. The number of allylic oxidation sites excluding steroid dienone is 4. The smallest absolute Gasteiger partial charge is 0.0443 e. The highest BCUT2D eigenvalue weighted by Crippen LogP contribution is 2.64. The quantitative estimate of drug-likeness (QED) is 0.152. The molecule has 0 N–H and O–H groups in total. The average molecular weight is 615 g/mol. The zero-order valence-corrected chi connectivity index (χ0v) is 29.3. The normalized spacial score (nSPS) is 19.5. The standard InChI is InChI=1S/C47H50/c1-7-30(8-2)35-25-36(31(9-3)10-4)28-47(27-35)41-23-22-33-18-14-21-38-42(32-16-12-11-13-17-32)40-26-39-34(24-29(5)6)19-15-20-37(39)46(47)44(40)45(41)43(33)38/h11-23,25-27,29-31,42H,7-10,24,28H2,1-6H3. The Kier molecular flexibility index (Phi) is 7.55. The first-order valence-electron chi connectivity index (χ1n) is 18.6. The molecule has 5 aromatic carbocycles. The highest BCUT2D eigenvalue weighted by atomic mass is 14.5. The van der Waals surface area contributed by atoms with Gasteiger partial charge in [0.1, 0.15) is 0 Å². The van der Waals surface area contributed by atoms with Gasteiger partial charge in [0.15, 0.2) is 0 Å². The summed E-state index contributed by atoms with van der Waals surface area (Å²) in [5.41, 5.74) is 15.1. The van der Waals surface area contributed by atoms with Crippen LogP contribution in [0.3, 0.4) is 0 Å². The fourth-order valence-corrected chi connectivity index (χ4v) is 10.0. The lowest BCUT2D eigenvalue weighted by atomic mass is 9.64. The lowest BCUT2D eigenvalue weighted by molar-refractivity contribution is 0.491. The minimum atomic E-state index is -0.174. The van der Waals surface area contributed by atoms with Gasteiger partial charge in [-0.3, -0.25) is 0 Å². The number of rotatable bonds is 9. The van der Waals surface area contributed by atoms with Crippen LogP contribution < -0.4 is 0 Å². The molecule has 5 aromatic rings. The largest absolute Gasteiger partial charge is 0.0657 e. The summed E-state index contributed by atoms with van der Waals surface area (Å²) in [6, 6.07) is 33.3. The molecule has 0 amide bonds. The summed E-state index contributed by atoms with van der Waals surface area (Å²) in [5, 5.41) is 5.80. The average Bonchev–Trinajstić information content (AvgIpc) is 3.36. The predicted octanol–water partition coefficient (Wildman–Crippen LogP) is 13.1. The molecule has 0 saturated carbocycles. The van der Waals surface area contributed by atoms with Crippen LogP contribution in [-0.2, 0) is 11.8 Å². The summed E-state index contributed by atoms with van der Waals surface area (Å²) in [5.74, 6) is 2.00. The molecule has 2 unspecified atom stereocenters. The lowest BCUT2D eigenvalue weighted by Gasteiger charge is -2.38. The molecule has 8 rings (SSSR count). The van der Waals surface area contributed by atoms with Crippen molar-refractivity contribution in [3.8, 4) is 11.1 Å². The topological polar surface area (TPSA) is 0 Å². The molecular formula is C47H50. The Morgan fingerprint density at radius 3 is 2.17 bits per heavy atom. The van der Waals surface area contributed by atoms with Crippen molar-refractivity contribution in [2.45, 2.75) is 91.4 Å². The Balaban J connectivity index is 1.56. The Morgan fingerprint density at radius 2 is 1.45 bits per heavy atom. The Bertz CT molecular complexity index is 2060. The van der Waals surface area contributed by atoms with Crippen molar-refractivity contribution in [3.05, 3.63) is 142 Å². The van der Waals surface area contributed by atoms with Gasteiger partial charge < -0.3 is 0 Å². The second-order valence-electron chi connectivity index (χ2n) is 15.1. The summed E-state index contributed by atoms with van der Waals surface area (Å²) in [6.07, 6.45) is 12.4. The van der Waals surface area contributed by atoms with E-state index in [1.165, 1.54) is 75.0 Å². The maximum absolute atomic E-state index is 2.79. The molecule has 0 nitrogen and oxygen atoms in total. The van der Waals surface area contributed by atoms with Crippen molar-refractivity contribution >= 4 is 21.5 Å². The first-order valence-corrected chi connectivity index (χ1v) is 18.6. The van der Waals surface area contributed by atoms with Gasteiger partial charge in [0.05, 0.1) is 0 Å². The molecule has 47 heavy (non-hydrogen) atoms. The van der Waals surface area contributed by atoms with Gasteiger partial charge in [-0.15, -0.1) is 0 Å². The van der Waals surface area contributed by atoms with E-state index in [2.05, 4.69) is 139 Å². The van der Waals surface area contributed by atoms with E-state index in [9.17, 15) is 0 Å². The minimum absolute atomic E-state index is 0.174. The van der Waals surface area contributed by atoms with E-state index >= 15 is 0 Å². The van der Waals surface area contributed by atoms with Crippen LogP contribution in [0, 0.1) is 17.8 Å². The molecular weight excluding hydrogens is 565 g/mol. The van der Waals surface area contributed by atoms with E-state index in [-0.39, 0.29) is 11.3 Å². The van der Waals surface area contributed by atoms with Crippen LogP contribution in [0.4, 0.5) is 0 Å². The molecule has 2 atom stereocenters. The van der Waals surface area contributed by atoms with Crippen molar-refractivity contribution < 1.29 is 0 Å². The summed E-state index contributed by atoms with van der Waals surface area (Å²) < 4.78 is 0. The third-order valence-corrected chi connectivity index (χ3v) is 12.2. The highest BCUT2D eigenvalue weighted by molar-refractivity contribution is 6.12. The summed E-state index contributed by atoms with van der Waals surface area (Å²) >= 11 is 0. The van der Waals surface area contributed by atoms with E-state index < -0.39 is 0 Å². The van der Waals surface area contributed by atoms with E-state index in [0.29, 0.717) is 17.8 Å². The summed E-state index contributed by atoms with van der Waals surface area (Å²) in [7, 11) is 0. The van der Waals surface area contributed by atoms with Crippen LogP contribution in [-0.4, -0.2) is 0 Å². The molecule has 0 heteroatoms. The Morgan fingerprint density at radius 1 is 0.702 bits per heavy atom. The molecule has 0 heterocycles. The van der Waals surface area contributed by atoms with Crippen LogP contribution in [0.15, 0.2) is 108 Å². The van der Waals surface area contributed by atoms with Crippen molar-refractivity contribution in [2.24, 2.45) is 17.8 Å². The van der Waals surface area contributed by atoms with Gasteiger partial charge in [-0.25, -0.2) is 0 Å². The van der Waals surface area contributed by atoms with E-state index in [1.54, 1.807) is 27.8 Å². The zero-order valence-electron chi connectivity index (χ0n) is 29.3. The van der Waals surface area contributed by atoms with Crippen LogP contribution in [0.1, 0.15) is 113 Å². The monoisotopic (exact) mass is 614 g/mol. The van der Waals surface area contributed by atoms with E-state index in [4.69, 9.17) is 0 Å². The molecule has 0 aliphatic heterocycles. The SMILES string of the molecule is CCC(CC)C1=CC2(CC(C(CC)CC)=C1)c1ccc3cccc4c3c1-c1c(cc3c(CC(C)C)cccc3c12)C4c1ccccc1. The number of hydrogen-bond acceptors (Lipinski definition) is 0. The predicted molar refractivity (Wildman–Crippen MR) is 203 cm³/mol. The molecule has 0 aromatic heterocycles. The Labute approximate surface area is 282 Å². The van der Waals surface area contributed by atoms with Gasteiger partial charge in [0.25, 0.3) is 0 Å². The molecule has 3 aliphatic carbocycles. The molecule has 3 aliphatic rings. The number of hydrogen-bond donors (Lipinski definition) is 0. The molecule has 0 bridgehead atoms.